The number of β-amino-alcohol motifs (C(OH)–C–C–N with tert-alkyl or cyclic N) is 1. The molecule has 0 aromatic heterocycles. The van der Waals surface area contributed by atoms with Crippen LogP contribution in [0.2, 0.25) is 5.02 Å². The number of piperidine rings is 1. The van der Waals surface area contributed by atoms with E-state index < -0.39 is 17.7 Å². The molecule has 0 aliphatic carbocycles. The van der Waals surface area contributed by atoms with Crippen molar-refractivity contribution in [2.45, 2.75) is 49.9 Å². The van der Waals surface area contributed by atoms with E-state index in [0.717, 1.165) is 42.4 Å². The minimum atomic E-state index is -1.13. The monoisotopic (exact) mass is 515 g/mol. The van der Waals surface area contributed by atoms with E-state index >= 15 is 0 Å². The fourth-order valence-corrected chi connectivity index (χ4v) is 5.87. The number of hydrogen-bond acceptors (Lipinski definition) is 5. The molecule has 0 bridgehead atoms. The lowest BCUT2D eigenvalue weighted by Gasteiger charge is -2.44. The third-order valence-corrected chi connectivity index (χ3v) is 7.89. The number of urea groups is 1. The van der Waals surface area contributed by atoms with E-state index in [1.54, 1.807) is 12.0 Å². The number of ether oxygens (including phenoxy) is 1. The molecule has 4 rings (SSSR count). The highest BCUT2D eigenvalue weighted by molar-refractivity contribution is 6.30. The molecule has 4 N–H and O–H groups in total. The van der Waals surface area contributed by atoms with Crippen LogP contribution in [0.3, 0.4) is 0 Å². The highest BCUT2D eigenvalue weighted by Gasteiger charge is 2.43. The first-order valence-corrected chi connectivity index (χ1v) is 13.3. The van der Waals surface area contributed by atoms with Crippen LogP contribution < -0.4 is 5.73 Å². The number of halogens is 1. The second kappa shape index (κ2) is 11.9. The van der Waals surface area contributed by atoms with Crippen LogP contribution in [0.1, 0.15) is 37.7 Å². The third-order valence-electron chi connectivity index (χ3n) is 7.66. The van der Waals surface area contributed by atoms with E-state index in [0.29, 0.717) is 37.7 Å². The van der Waals surface area contributed by atoms with Crippen molar-refractivity contribution < 1.29 is 19.7 Å². The first kappa shape index (κ1) is 26.9. The molecule has 2 fully saturated rings. The summed E-state index contributed by atoms with van der Waals surface area (Å²) < 4.78 is 5.25. The molecule has 0 radical (unpaired) electrons. The Kier molecular flexibility index (Phi) is 8.91. The molecule has 196 valence electrons. The first-order valence-electron chi connectivity index (χ1n) is 12.9. The summed E-state index contributed by atoms with van der Waals surface area (Å²) in [4.78, 5) is 16.8. The second-order valence-electron chi connectivity index (χ2n) is 10.1. The Morgan fingerprint density at radius 3 is 2.67 bits per heavy atom. The number of rotatable bonds is 8. The SMILES string of the molecule is COCCCC[C@@](O)(c1ccccc1-c1cccc(Cl)c1)[C@@H]1CCCN(C(=O)N2C[C@@H](N)[C@@H](O)C2)C1. The number of unbranched alkanes of at least 4 members (excludes halogenated alkanes) is 1. The Hall–Kier alpha value is -2.16. The Labute approximate surface area is 218 Å². The molecule has 2 aromatic carbocycles. The number of likely N-dealkylation sites (tertiary alicyclic amines) is 2. The molecule has 2 heterocycles. The van der Waals surface area contributed by atoms with Crippen molar-refractivity contribution in [3.05, 3.63) is 59.1 Å². The summed E-state index contributed by atoms with van der Waals surface area (Å²) in [6.45, 7) is 2.32. The molecule has 36 heavy (non-hydrogen) atoms. The average molecular weight is 516 g/mol. The van der Waals surface area contributed by atoms with Crippen molar-refractivity contribution in [1.82, 2.24) is 9.80 Å². The number of carbonyl (C=O) groups excluding carboxylic acids is 1. The Morgan fingerprint density at radius 1 is 1.14 bits per heavy atom. The number of nitrogens with two attached hydrogens (primary N) is 1. The van der Waals surface area contributed by atoms with Gasteiger partial charge in [0.1, 0.15) is 0 Å². The van der Waals surface area contributed by atoms with Gasteiger partial charge in [-0.1, -0.05) is 48.0 Å². The largest absolute Gasteiger partial charge is 0.390 e. The van der Waals surface area contributed by atoms with E-state index in [2.05, 4.69) is 0 Å². The van der Waals surface area contributed by atoms with Gasteiger partial charge in [-0.25, -0.2) is 4.79 Å². The van der Waals surface area contributed by atoms with Crippen molar-refractivity contribution in [2.24, 2.45) is 11.7 Å². The second-order valence-corrected chi connectivity index (χ2v) is 10.6. The topological polar surface area (TPSA) is 99.3 Å². The maximum Gasteiger partial charge on any atom is 0.320 e. The summed E-state index contributed by atoms with van der Waals surface area (Å²) in [5, 5.41) is 23.2. The molecule has 7 nitrogen and oxygen atoms in total. The van der Waals surface area contributed by atoms with Gasteiger partial charge in [0.05, 0.1) is 11.7 Å². The summed E-state index contributed by atoms with van der Waals surface area (Å²) in [5.41, 5.74) is 7.59. The zero-order chi connectivity index (χ0) is 25.7. The maximum absolute atomic E-state index is 13.3. The zero-order valence-corrected chi connectivity index (χ0v) is 21.7. The van der Waals surface area contributed by atoms with E-state index in [-0.39, 0.29) is 18.5 Å². The van der Waals surface area contributed by atoms with Crippen molar-refractivity contribution >= 4 is 17.6 Å². The number of aliphatic hydroxyl groups excluding tert-OH is 1. The van der Waals surface area contributed by atoms with E-state index in [1.165, 1.54) is 0 Å². The Morgan fingerprint density at radius 2 is 1.94 bits per heavy atom. The van der Waals surface area contributed by atoms with Crippen LogP contribution in [0.25, 0.3) is 11.1 Å². The maximum atomic E-state index is 13.3. The van der Waals surface area contributed by atoms with E-state index in [4.69, 9.17) is 22.1 Å². The predicted octanol–water partition coefficient (Wildman–Crippen LogP) is 3.85. The number of nitrogens with zero attached hydrogens (tertiary/aromatic N) is 2. The molecule has 0 saturated carbocycles. The molecular formula is C28H38ClN3O4. The summed E-state index contributed by atoms with van der Waals surface area (Å²) in [6.07, 6.45) is 3.13. The van der Waals surface area contributed by atoms with Gasteiger partial charge in [0, 0.05) is 56.9 Å². The lowest BCUT2D eigenvalue weighted by atomic mass is 9.72. The highest BCUT2D eigenvalue weighted by atomic mass is 35.5. The zero-order valence-electron chi connectivity index (χ0n) is 21.0. The molecule has 2 aliphatic heterocycles. The van der Waals surface area contributed by atoms with Gasteiger partial charge in [0.15, 0.2) is 0 Å². The van der Waals surface area contributed by atoms with Gasteiger partial charge in [0.2, 0.25) is 0 Å². The molecule has 2 aliphatic rings. The molecule has 4 atom stereocenters. The lowest BCUT2D eigenvalue weighted by molar-refractivity contribution is -0.0571. The van der Waals surface area contributed by atoms with Gasteiger partial charge in [-0.05, 0) is 60.9 Å². The molecule has 0 unspecified atom stereocenters. The van der Waals surface area contributed by atoms with Crippen LogP contribution >= 0.6 is 11.6 Å². The number of amides is 2. The summed E-state index contributed by atoms with van der Waals surface area (Å²) in [5.74, 6) is -0.140. The number of benzene rings is 2. The smallest absolute Gasteiger partial charge is 0.320 e. The third kappa shape index (κ3) is 5.87. The van der Waals surface area contributed by atoms with Gasteiger partial charge in [-0.2, -0.15) is 0 Å². The molecule has 2 saturated heterocycles. The van der Waals surface area contributed by atoms with Crippen molar-refractivity contribution in [3.63, 3.8) is 0 Å². The summed E-state index contributed by atoms with van der Waals surface area (Å²) >= 11 is 6.31. The van der Waals surface area contributed by atoms with Crippen LogP contribution in [0, 0.1) is 5.92 Å². The molecule has 0 spiro atoms. The summed E-state index contributed by atoms with van der Waals surface area (Å²) in [7, 11) is 1.69. The van der Waals surface area contributed by atoms with Gasteiger partial charge < -0.3 is 30.5 Å². The van der Waals surface area contributed by atoms with Crippen molar-refractivity contribution in [1.29, 1.82) is 0 Å². The quantitative estimate of drug-likeness (QED) is 0.464. The van der Waals surface area contributed by atoms with Gasteiger partial charge >= 0.3 is 6.03 Å². The fraction of sp³-hybridized carbons (Fsp3) is 0.536. The van der Waals surface area contributed by atoms with Gasteiger partial charge in [-0.3, -0.25) is 0 Å². The number of aliphatic hydroxyl groups is 2. The molecule has 2 amide bonds. The molecule has 2 aromatic rings. The minimum absolute atomic E-state index is 0.114. The number of carbonyl (C=O) groups is 1. The normalized spacial score (nSPS) is 24.1. The van der Waals surface area contributed by atoms with Crippen LogP contribution in [-0.4, -0.2) is 78.1 Å². The summed E-state index contributed by atoms with van der Waals surface area (Å²) in [6, 6.07) is 15.1. The minimum Gasteiger partial charge on any atom is -0.390 e. The number of methoxy groups -OCH3 is 1. The van der Waals surface area contributed by atoms with E-state index in [9.17, 15) is 15.0 Å². The average Bonchev–Trinajstić information content (AvgIpc) is 3.24. The van der Waals surface area contributed by atoms with E-state index in [1.807, 2.05) is 53.4 Å². The first-order chi connectivity index (χ1) is 17.3. The fourth-order valence-electron chi connectivity index (χ4n) is 5.68. The lowest BCUT2D eigenvalue weighted by Crippen LogP contribution is -2.52. The van der Waals surface area contributed by atoms with Crippen LogP contribution in [0.4, 0.5) is 4.79 Å². The highest BCUT2D eigenvalue weighted by Crippen LogP contribution is 2.44. The van der Waals surface area contributed by atoms with Gasteiger partial charge in [-0.15, -0.1) is 0 Å². The van der Waals surface area contributed by atoms with Crippen molar-refractivity contribution in [2.75, 3.05) is 39.9 Å². The molecule has 8 heteroatoms. The molecular weight excluding hydrogens is 478 g/mol. The van der Waals surface area contributed by atoms with Crippen LogP contribution in [0.5, 0.6) is 0 Å². The Bertz CT molecular complexity index is 1030. The van der Waals surface area contributed by atoms with Crippen LogP contribution in [-0.2, 0) is 10.3 Å². The standard InChI is InChI=1S/C28H38ClN3O4/c1-36-15-5-4-13-28(35,24-12-3-2-11-23(24)20-8-6-10-22(29)16-20)21-9-7-14-31(17-21)27(34)32-18-25(30)26(33)19-32/h2-3,6,8,10-12,16,21,25-26,33,35H,4-5,7,9,13-15,17-19,30H2,1H3/t21-,25-,26+,28+/m1/s1. The van der Waals surface area contributed by atoms with Crippen LogP contribution in [0.15, 0.2) is 48.5 Å². The predicted molar refractivity (Wildman–Crippen MR) is 142 cm³/mol. The van der Waals surface area contributed by atoms with Gasteiger partial charge in [0.25, 0.3) is 0 Å². The number of hydrogen-bond donors (Lipinski definition) is 3. The Balaban J connectivity index is 1.64. The van der Waals surface area contributed by atoms with Crippen molar-refractivity contribution in [3.8, 4) is 11.1 Å².